The lowest BCUT2D eigenvalue weighted by Crippen LogP contribution is -2.13. The van der Waals surface area contributed by atoms with Crippen molar-refractivity contribution in [1.82, 2.24) is 0 Å². The van der Waals surface area contributed by atoms with E-state index < -0.39 is 0 Å². The monoisotopic (exact) mass is 272 g/mol. The van der Waals surface area contributed by atoms with Crippen molar-refractivity contribution in [3.05, 3.63) is 53.8 Å². The second-order valence-corrected chi connectivity index (χ2v) is 5.55. The Labute approximate surface area is 124 Å². The van der Waals surface area contributed by atoms with Crippen LogP contribution in [0, 0.1) is 11.8 Å². The highest BCUT2D eigenvalue weighted by Crippen LogP contribution is 2.30. The van der Waals surface area contributed by atoms with Crippen molar-refractivity contribution in [3.8, 4) is 0 Å². The fraction of sp³-hybridized carbons (Fsp3) is 0.474. The summed E-state index contributed by atoms with van der Waals surface area (Å²) in [5.74, 6) is 1.09. The lowest BCUT2D eigenvalue weighted by molar-refractivity contribution is 0.298. The van der Waals surface area contributed by atoms with Gasteiger partial charge in [0.2, 0.25) is 0 Å². The first kappa shape index (κ1) is 16.6. The summed E-state index contributed by atoms with van der Waals surface area (Å²) in [5.41, 5.74) is 2.08. The lowest BCUT2D eigenvalue weighted by atomic mass is 9.85. The van der Waals surface area contributed by atoms with Crippen molar-refractivity contribution in [2.75, 3.05) is 0 Å². The molecule has 1 N–H and O–H groups in total. The van der Waals surface area contributed by atoms with Gasteiger partial charge in [0.05, 0.1) is 0 Å². The molecule has 0 saturated heterocycles. The minimum atomic E-state index is 0.117. The van der Waals surface area contributed by atoms with Gasteiger partial charge in [0, 0.05) is 5.92 Å². The molecule has 0 radical (unpaired) electrons. The van der Waals surface area contributed by atoms with E-state index in [1.165, 1.54) is 12.8 Å². The smallest absolute Gasteiger partial charge is 0.103 e. The third kappa shape index (κ3) is 4.56. The Balaban J connectivity index is 3.01. The molecule has 1 nitrogen and oxygen atoms in total. The molecule has 2 unspecified atom stereocenters. The average molecular weight is 272 g/mol. The SMILES string of the molecule is C/C=C\C(/C(O)=C(\C)c1ccccc1)C(C)CCCC. The second-order valence-electron chi connectivity index (χ2n) is 5.55. The number of unbranched alkanes of at least 4 members (excludes halogenated alkanes) is 1. The Morgan fingerprint density at radius 3 is 2.45 bits per heavy atom. The summed E-state index contributed by atoms with van der Waals surface area (Å²) < 4.78 is 0. The minimum absolute atomic E-state index is 0.117. The molecule has 0 bridgehead atoms. The summed E-state index contributed by atoms with van der Waals surface area (Å²) in [4.78, 5) is 0. The molecule has 0 amide bonds. The van der Waals surface area contributed by atoms with Crippen LogP contribution in [0.3, 0.4) is 0 Å². The van der Waals surface area contributed by atoms with Gasteiger partial charge in [-0.25, -0.2) is 0 Å². The van der Waals surface area contributed by atoms with E-state index in [0.717, 1.165) is 17.6 Å². The maximum absolute atomic E-state index is 10.7. The third-order valence-electron chi connectivity index (χ3n) is 3.93. The zero-order chi connectivity index (χ0) is 15.0. The molecule has 110 valence electrons. The molecule has 1 aromatic carbocycles. The highest BCUT2D eigenvalue weighted by molar-refractivity contribution is 5.66. The van der Waals surface area contributed by atoms with Gasteiger partial charge in [-0.1, -0.05) is 69.2 Å². The van der Waals surface area contributed by atoms with Gasteiger partial charge in [0.25, 0.3) is 0 Å². The van der Waals surface area contributed by atoms with E-state index in [1.807, 2.05) is 38.1 Å². The van der Waals surface area contributed by atoms with Crippen LogP contribution in [-0.2, 0) is 0 Å². The normalized spacial score (nSPS) is 16.0. The number of rotatable bonds is 7. The molecule has 20 heavy (non-hydrogen) atoms. The van der Waals surface area contributed by atoms with Gasteiger partial charge in [-0.15, -0.1) is 0 Å². The first-order valence-corrected chi connectivity index (χ1v) is 7.69. The maximum Gasteiger partial charge on any atom is 0.103 e. The topological polar surface area (TPSA) is 20.2 Å². The molecule has 0 heterocycles. The molecular formula is C19H28O. The van der Waals surface area contributed by atoms with E-state index in [4.69, 9.17) is 0 Å². The number of hydrogen-bond donors (Lipinski definition) is 1. The molecular weight excluding hydrogens is 244 g/mol. The molecule has 0 aliphatic rings. The van der Waals surface area contributed by atoms with E-state index in [2.05, 4.69) is 32.1 Å². The predicted molar refractivity (Wildman–Crippen MR) is 88.7 cm³/mol. The highest BCUT2D eigenvalue weighted by atomic mass is 16.3. The first-order valence-electron chi connectivity index (χ1n) is 7.69. The number of aliphatic hydroxyl groups excluding tert-OH is 1. The quantitative estimate of drug-likeness (QED) is 0.477. The third-order valence-corrected chi connectivity index (χ3v) is 3.93. The van der Waals surface area contributed by atoms with Crippen LogP contribution in [0.5, 0.6) is 0 Å². The standard InChI is InChI=1S/C19H28O/c1-5-7-12-15(3)18(11-6-2)19(20)16(4)17-13-9-8-10-14-17/h6,8-11,13-15,18,20H,5,7,12H2,1-4H3/b11-6-,19-16-. The van der Waals surface area contributed by atoms with E-state index >= 15 is 0 Å². The molecule has 1 heteroatoms. The summed E-state index contributed by atoms with van der Waals surface area (Å²) in [6.07, 6.45) is 7.74. The summed E-state index contributed by atoms with van der Waals surface area (Å²) in [7, 11) is 0. The minimum Gasteiger partial charge on any atom is -0.511 e. The van der Waals surface area contributed by atoms with Crippen molar-refractivity contribution in [1.29, 1.82) is 0 Å². The molecule has 0 spiro atoms. The van der Waals surface area contributed by atoms with E-state index in [1.54, 1.807) is 0 Å². The Morgan fingerprint density at radius 2 is 1.90 bits per heavy atom. The summed E-state index contributed by atoms with van der Waals surface area (Å²) in [5, 5.41) is 10.7. The molecule has 0 aliphatic heterocycles. The summed E-state index contributed by atoms with van der Waals surface area (Å²) in [6.45, 7) is 8.47. The fourth-order valence-electron chi connectivity index (χ4n) is 2.55. The molecule has 0 aromatic heterocycles. The predicted octanol–water partition coefficient (Wildman–Crippen LogP) is 5.99. The number of hydrogen-bond acceptors (Lipinski definition) is 1. The second kappa shape index (κ2) is 8.63. The van der Waals surface area contributed by atoms with E-state index in [9.17, 15) is 5.11 Å². The van der Waals surface area contributed by atoms with Crippen LogP contribution in [0.1, 0.15) is 52.5 Å². The van der Waals surface area contributed by atoms with Gasteiger partial charge in [-0.3, -0.25) is 0 Å². The Morgan fingerprint density at radius 1 is 1.25 bits per heavy atom. The van der Waals surface area contributed by atoms with Gasteiger partial charge in [-0.05, 0) is 37.3 Å². The molecule has 1 aromatic rings. The van der Waals surface area contributed by atoms with E-state index in [0.29, 0.717) is 11.7 Å². The Hall–Kier alpha value is -1.50. The molecule has 0 aliphatic carbocycles. The lowest BCUT2D eigenvalue weighted by Gasteiger charge is -2.22. The van der Waals surface area contributed by atoms with Gasteiger partial charge < -0.3 is 5.11 Å². The number of aliphatic hydroxyl groups is 1. The molecule has 1 rings (SSSR count). The number of benzene rings is 1. The molecule has 0 fully saturated rings. The zero-order valence-electron chi connectivity index (χ0n) is 13.3. The Kier molecular flexibility index (Phi) is 7.14. The first-order chi connectivity index (χ1) is 9.61. The summed E-state index contributed by atoms with van der Waals surface area (Å²) >= 11 is 0. The van der Waals surface area contributed by atoms with Crippen LogP contribution in [0.2, 0.25) is 0 Å². The van der Waals surface area contributed by atoms with Crippen LogP contribution in [0.4, 0.5) is 0 Å². The van der Waals surface area contributed by atoms with Crippen molar-refractivity contribution in [2.24, 2.45) is 11.8 Å². The van der Waals surface area contributed by atoms with Crippen molar-refractivity contribution in [2.45, 2.75) is 47.0 Å². The van der Waals surface area contributed by atoms with E-state index in [-0.39, 0.29) is 5.92 Å². The number of allylic oxidation sites excluding steroid dienone is 3. The van der Waals surface area contributed by atoms with Crippen LogP contribution >= 0.6 is 0 Å². The van der Waals surface area contributed by atoms with Crippen LogP contribution in [-0.4, -0.2) is 5.11 Å². The van der Waals surface area contributed by atoms with Crippen molar-refractivity contribution >= 4 is 5.57 Å². The van der Waals surface area contributed by atoms with Gasteiger partial charge >= 0.3 is 0 Å². The molecule has 2 atom stereocenters. The average Bonchev–Trinajstić information content (AvgIpc) is 2.49. The van der Waals surface area contributed by atoms with Gasteiger partial charge in [-0.2, -0.15) is 0 Å². The zero-order valence-corrected chi connectivity index (χ0v) is 13.3. The van der Waals surface area contributed by atoms with Crippen LogP contribution < -0.4 is 0 Å². The van der Waals surface area contributed by atoms with Gasteiger partial charge in [0.1, 0.15) is 5.76 Å². The fourth-order valence-corrected chi connectivity index (χ4v) is 2.55. The Bertz CT molecular complexity index is 442. The van der Waals surface area contributed by atoms with Gasteiger partial charge in [0.15, 0.2) is 0 Å². The largest absolute Gasteiger partial charge is 0.511 e. The highest BCUT2D eigenvalue weighted by Gasteiger charge is 2.20. The maximum atomic E-state index is 10.7. The van der Waals surface area contributed by atoms with Crippen molar-refractivity contribution in [3.63, 3.8) is 0 Å². The molecule has 0 saturated carbocycles. The van der Waals surface area contributed by atoms with Crippen LogP contribution in [0.25, 0.3) is 5.57 Å². The van der Waals surface area contributed by atoms with Crippen LogP contribution in [0.15, 0.2) is 48.2 Å². The summed E-state index contributed by atoms with van der Waals surface area (Å²) in [6, 6.07) is 10.1. The van der Waals surface area contributed by atoms with Crippen molar-refractivity contribution < 1.29 is 5.11 Å².